The molecule has 1 atom stereocenters. The van der Waals surface area contributed by atoms with Crippen molar-refractivity contribution in [3.05, 3.63) is 66.0 Å². The molecule has 0 unspecified atom stereocenters. The number of halogens is 1. The Morgan fingerprint density at radius 1 is 1.00 bits per heavy atom. The highest BCUT2D eigenvalue weighted by atomic mass is 19.1. The van der Waals surface area contributed by atoms with E-state index in [1.807, 2.05) is 34.1 Å². The maximum absolute atomic E-state index is 13.9. The van der Waals surface area contributed by atoms with Crippen LogP contribution in [0.4, 0.5) is 10.1 Å². The van der Waals surface area contributed by atoms with E-state index in [9.17, 15) is 9.18 Å². The molecule has 0 spiro atoms. The van der Waals surface area contributed by atoms with E-state index in [0.29, 0.717) is 38.3 Å². The molecule has 1 heterocycles. The third-order valence-electron chi connectivity index (χ3n) is 4.67. The molecule has 0 N–H and O–H groups in total. The minimum atomic E-state index is -0.199. The van der Waals surface area contributed by atoms with Crippen molar-refractivity contribution in [2.75, 3.05) is 31.1 Å². The van der Waals surface area contributed by atoms with Gasteiger partial charge in [-0.3, -0.25) is 4.79 Å². The van der Waals surface area contributed by atoms with Crippen molar-refractivity contribution in [1.29, 1.82) is 0 Å². The van der Waals surface area contributed by atoms with Crippen LogP contribution >= 0.6 is 0 Å². The van der Waals surface area contributed by atoms with E-state index in [4.69, 9.17) is 0 Å². The summed E-state index contributed by atoms with van der Waals surface area (Å²) in [6.07, 6.45) is 0.518. The molecule has 126 valence electrons. The summed E-state index contributed by atoms with van der Waals surface area (Å²) < 4.78 is 13.9. The van der Waals surface area contributed by atoms with Gasteiger partial charge in [-0.05, 0) is 23.6 Å². The first-order valence-corrected chi connectivity index (χ1v) is 8.47. The van der Waals surface area contributed by atoms with Gasteiger partial charge in [0.1, 0.15) is 5.82 Å². The van der Waals surface area contributed by atoms with Crippen molar-refractivity contribution in [1.82, 2.24) is 4.90 Å². The molecule has 0 aliphatic carbocycles. The molecule has 3 nitrogen and oxygen atoms in total. The lowest BCUT2D eigenvalue weighted by molar-refractivity contribution is -0.131. The second-order valence-corrected chi connectivity index (χ2v) is 6.34. The maximum Gasteiger partial charge on any atom is 0.223 e. The van der Waals surface area contributed by atoms with Gasteiger partial charge < -0.3 is 9.80 Å². The zero-order valence-corrected chi connectivity index (χ0v) is 14.0. The van der Waals surface area contributed by atoms with Crippen molar-refractivity contribution < 1.29 is 9.18 Å². The Balaban J connectivity index is 1.55. The molecule has 0 aromatic heterocycles. The van der Waals surface area contributed by atoms with Gasteiger partial charge in [-0.1, -0.05) is 49.4 Å². The molecule has 1 aliphatic rings. The van der Waals surface area contributed by atoms with Gasteiger partial charge in [0, 0.05) is 32.6 Å². The van der Waals surface area contributed by atoms with E-state index in [2.05, 4.69) is 19.1 Å². The van der Waals surface area contributed by atoms with Crippen molar-refractivity contribution in [3.63, 3.8) is 0 Å². The van der Waals surface area contributed by atoms with Crippen LogP contribution in [0.15, 0.2) is 54.6 Å². The van der Waals surface area contributed by atoms with Crippen molar-refractivity contribution in [3.8, 4) is 0 Å². The van der Waals surface area contributed by atoms with Gasteiger partial charge in [0.05, 0.1) is 5.69 Å². The van der Waals surface area contributed by atoms with Crippen molar-refractivity contribution in [2.24, 2.45) is 0 Å². The van der Waals surface area contributed by atoms with E-state index in [1.54, 1.807) is 12.1 Å². The van der Waals surface area contributed by atoms with Crippen LogP contribution in [0.3, 0.4) is 0 Å². The molecular weight excluding hydrogens is 303 g/mol. The molecule has 0 radical (unpaired) electrons. The summed E-state index contributed by atoms with van der Waals surface area (Å²) in [7, 11) is 0. The van der Waals surface area contributed by atoms with E-state index in [1.165, 1.54) is 11.6 Å². The predicted molar refractivity (Wildman–Crippen MR) is 94.7 cm³/mol. The van der Waals surface area contributed by atoms with Crippen LogP contribution in [-0.2, 0) is 4.79 Å². The highest BCUT2D eigenvalue weighted by Gasteiger charge is 2.23. The van der Waals surface area contributed by atoms with Gasteiger partial charge in [0.15, 0.2) is 0 Å². The summed E-state index contributed by atoms with van der Waals surface area (Å²) in [5.41, 5.74) is 1.82. The minimum Gasteiger partial charge on any atom is -0.366 e. The number of rotatable bonds is 4. The number of piperazine rings is 1. The van der Waals surface area contributed by atoms with Crippen LogP contribution in [0.1, 0.15) is 24.8 Å². The summed E-state index contributed by atoms with van der Waals surface area (Å²) in [4.78, 5) is 16.4. The van der Waals surface area contributed by atoms with Gasteiger partial charge in [-0.25, -0.2) is 4.39 Å². The summed E-state index contributed by atoms with van der Waals surface area (Å²) in [5.74, 6) is 0.192. The second kappa shape index (κ2) is 7.47. The Morgan fingerprint density at radius 2 is 1.62 bits per heavy atom. The fourth-order valence-electron chi connectivity index (χ4n) is 3.20. The zero-order chi connectivity index (χ0) is 16.9. The average molecular weight is 326 g/mol. The first kappa shape index (κ1) is 16.5. The van der Waals surface area contributed by atoms with Crippen LogP contribution < -0.4 is 4.90 Å². The van der Waals surface area contributed by atoms with Crippen molar-refractivity contribution in [2.45, 2.75) is 19.3 Å². The smallest absolute Gasteiger partial charge is 0.223 e. The molecule has 0 saturated carbocycles. The fourth-order valence-corrected chi connectivity index (χ4v) is 3.20. The lowest BCUT2D eigenvalue weighted by Crippen LogP contribution is -2.49. The monoisotopic (exact) mass is 326 g/mol. The second-order valence-electron chi connectivity index (χ2n) is 6.34. The third-order valence-corrected chi connectivity index (χ3v) is 4.67. The van der Waals surface area contributed by atoms with Gasteiger partial charge in [-0.15, -0.1) is 0 Å². The molecule has 1 amide bonds. The third kappa shape index (κ3) is 3.75. The van der Waals surface area contributed by atoms with Crippen LogP contribution in [0.5, 0.6) is 0 Å². The number of amides is 1. The van der Waals surface area contributed by atoms with E-state index < -0.39 is 0 Å². The van der Waals surface area contributed by atoms with Gasteiger partial charge in [0.2, 0.25) is 5.91 Å². The lowest BCUT2D eigenvalue weighted by Gasteiger charge is -2.36. The highest BCUT2D eigenvalue weighted by Crippen LogP contribution is 2.22. The molecule has 24 heavy (non-hydrogen) atoms. The SMILES string of the molecule is C[C@H](CC(=O)N1CCN(c2ccccc2F)CC1)c1ccccc1. The van der Waals surface area contributed by atoms with E-state index in [-0.39, 0.29) is 17.6 Å². The quantitative estimate of drug-likeness (QED) is 0.856. The lowest BCUT2D eigenvalue weighted by atomic mass is 9.97. The van der Waals surface area contributed by atoms with Crippen molar-refractivity contribution >= 4 is 11.6 Å². The number of benzene rings is 2. The summed E-state index contributed by atoms with van der Waals surface area (Å²) in [5, 5.41) is 0. The Hall–Kier alpha value is -2.36. The molecule has 2 aromatic rings. The fraction of sp³-hybridized carbons (Fsp3) is 0.350. The Bertz CT molecular complexity index is 681. The van der Waals surface area contributed by atoms with E-state index in [0.717, 1.165) is 0 Å². The highest BCUT2D eigenvalue weighted by molar-refractivity contribution is 5.77. The molecule has 0 bridgehead atoms. The molecular formula is C20H23FN2O. The number of hydrogen-bond donors (Lipinski definition) is 0. The van der Waals surface area contributed by atoms with Crippen LogP contribution in [-0.4, -0.2) is 37.0 Å². The standard InChI is InChI=1S/C20H23FN2O/c1-16(17-7-3-2-4-8-17)15-20(24)23-13-11-22(12-14-23)19-10-6-5-9-18(19)21/h2-10,16H,11-15H2,1H3/t16-/m1/s1. The molecule has 4 heteroatoms. The predicted octanol–water partition coefficient (Wildman–Crippen LogP) is 3.67. The maximum atomic E-state index is 13.9. The number of hydrogen-bond acceptors (Lipinski definition) is 2. The van der Waals surface area contributed by atoms with E-state index >= 15 is 0 Å². The largest absolute Gasteiger partial charge is 0.366 e. The summed E-state index contributed by atoms with van der Waals surface area (Å²) in [6.45, 7) is 4.73. The molecule has 1 saturated heterocycles. The summed E-state index contributed by atoms with van der Waals surface area (Å²) >= 11 is 0. The van der Waals surface area contributed by atoms with Gasteiger partial charge in [0.25, 0.3) is 0 Å². The average Bonchev–Trinajstić information content (AvgIpc) is 2.63. The molecule has 3 rings (SSSR count). The number of carbonyl (C=O) groups excluding carboxylic acids is 1. The van der Waals surface area contributed by atoms with Gasteiger partial charge >= 0.3 is 0 Å². The zero-order valence-electron chi connectivity index (χ0n) is 14.0. The number of nitrogens with zero attached hydrogens (tertiary/aromatic N) is 2. The molecule has 2 aromatic carbocycles. The number of carbonyl (C=O) groups is 1. The first-order chi connectivity index (χ1) is 11.6. The Kier molecular flexibility index (Phi) is 5.14. The number of anilines is 1. The molecule has 1 fully saturated rings. The van der Waals surface area contributed by atoms with Crippen LogP contribution in [0.2, 0.25) is 0 Å². The first-order valence-electron chi connectivity index (χ1n) is 8.47. The summed E-state index contributed by atoms with van der Waals surface area (Å²) in [6, 6.07) is 16.9. The number of para-hydroxylation sites is 1. The van der Waals surface area contributed by atoms with Crippen LogP contribution in [0.25, 0.3) is 0 Å². The van der Waals surface area contributed by atoms with Crippen LogP contribution in [0, 0.1) is 5.82 Å². The Morgan fingerprint density at radius 3 is 2.29 bits per heavy atom. The topological polar surface area (TPSA) is 23.6 Å². The normalized spacial score (nSPS) is 16.1. The molecule has 1 aliphatic heterocycles. The minimum absolute atomic E-state index is 0.180. The Labute approximate surface area is 142 Å². The van der Waals surface area contributed by atoms with Gasteiger partial charge in [-0.2, -0.15) is 0 Å².